The normalized spacial score (nSPS) is 11.3. The Labute approximate surface area is 199 Å². The Morgan fingerprint density at radius 3 is 1.06 bits per heavy atom. The van der Waals surface area contributed by atoms with Gasteiger partial charge in [-0.15, -0.1) is 0 Å². The molecular weight excluding hydrogens is 400 g/mol. The van der Waals surface area contributed by atoms with Gasteiger partial charge in [-0.1, -0.05) is 118 Å². The number of unbranched alkanes of at least 4 members (excludes halogenated alkanes) is 12. The molecule has 0 aromatic carbocycles. The maximum Gasteiger partial charge on any atom is 0.305 e. The lowest BCUT2D eigenvalue weighted by atomic mass is 10.0. The molecule has 0 heterocycles. The molecule has 0 aliphatic heterocycles. The van der Waals surface area contributed by atoms with Crippen molar-refractivity contribution in [3.05, 3.63) is 0 Å². The molecule has 0 N–H and O–H groups in total. The third-order valence-corrected chi connectivity index (χ3v) is 5.93. The van der Waals surface area contributed by atoms with Gasteiger partial charge in [-0.3, -0.25) is 9.59 Å². The van der Waals surface area contributed by atoms with E-state index in [0.717, 1.165) is 37.5 Å². The first kappa shape index (κ1) is 30.9. The lowest BCUT2D eigenvalue weighted by molar-refractivity contribution is -0.152. The molecule has 0 rings (SSSR count). The quantitative estimate of drug-likeness (QED) is 0.115. The standard InChI is InChI=1S/C28H54O4/c1-25(2)19-15-11-7-5-9-13-17-21-27(29)31-23-24-32-28(30)22-18-14-10-6-8-12-16-20-26(3)4/h25-26H,5-24H2,1-4H3. The maximum absolute atomic E-state index is 11.7. The summed E-state index contributed by atoms with van der Waals surface area (Å²) < 4.78 is 10.3. The molecule has 0 fully saturated rings. The SMILES string of the molecule is CC(C)CCCCCCCCCC(=O)OCCOC(=O)CCCCCCCCCC(C)C. The molecule has 0 saturated heterocycles. The molecule has 4 heteroatoms. The Morgan fingerprint density at radius 1 is 0.469 bits per heavy atom. The highest BCUT2D eigenvalue weighted by Gasteiger charge is 2.06. The van der Waals surface area contributed by atoms with Gasteiger partial charge in [0.05, 0.1) is 0 Å². The third-order valence-electron chi connectivity index (χ3n) is 5.93. The second-order valence-electron chi connectivity index (χ2n) is 10.3. The van der Waals surface area contributed by atoms with Crippen LogP contribution in [-0.4, -0.2) is 25.2 Å². The van der Waals surface area contributed by atoms with Crippen LogP contribution in [0.5, 0.6) is 0 Å². The summed E-state index contributed by atoms with van der Waals surface area (Å²) in [7, 11) is 0. The topological polar surface area (TPSA) is 52.6 Å². The molecule has 32 heavy (non-hydrogen) atoms. The van der Waals surface area contributed by atoms with Crippen molar-refractivity contribution in [2.75, 3.05) is 13.2 Å². The third kappa shape index (κ3) is 25.2. The van der Waals surface area contributed by atoms with Crippen molar-refractivity contribution < 1.29 is 19.1 Å². The Balaban J connectivity index is 3.32. The Bertz CT molecular complexity index is 391. The highest BCUT2D eigenvalue weighted by Crippen LogP contribution is 2.14. The molecule has 4 nitrogen and oxygen atoms in total. The van der Waals surface area contributed by atoms with Crippen molar-refractivity contribution >= 4 is 11.9 Å². The van der Waals surface area contributed by atoms with Crippen LogP contribution in [0.3, 0.4) is 0 Å². The van der Waals surface area contributed by atoms with E-state index in [-0.39, 0.29) is 25.2 Å². The van der Waals surface area contributed by atoms with Crippen LogP contribution in [0, 0.1) is 11.8 Å². The van der Waals surface area contributed by atoms with E-state index in [9.17, 15) is 9.59 Å². The van der Waals surface area contributed by atoms with Gasteiger partial charge in [-0.05, 0) is 24.7 Å². The van der Waals surface area contributed by atoms with E-state index in [2.05, 4.69) is 27.7 Å². The van der Waals surface area contributed by atoms with E-state index in [0.29, 0.717) is 12.8 Å². The minimum absolute atomic E-state index is 0.175. The molecule has 0 aromatic rings. The van der Waals surface area contributed by atoms with Crippen LogP contribution in [-0.2, 0) is 19.1 Å². The van der Waals surface area contributed by atoms with Gasteiger partial charge in [0.15, 0.2) is 0 Å². The summed E-state index contributed by atoms with van der Waals surface area (Å²) in [5, 5.41) is 0. The molecule has 0 aliphatic rings. The van der Waals surface area contributed by atoms with Gasteiger partial charge in [0.2, 0.25) is 0 Å². The summed E-state index contributed by atoms with van der Waals surface area (Å²) in [5.41, 5.74) is 0. The van der Waals surface area contributed by atoms with Crippen LogP contribution < -0.4 is 0 Å². The summed E-state index contributed by atoms with van der Waals surface area (Å²) in [4.78, 5) is 23.5. The molecule has 0 aromatic heterocycles. The van der Waals surface area contributed by atoms with E-state index in [1.54, 1.807) is 0 Å². The molecule has 0 aliphatic carbocycles. The Morgan fingerprint density at radius 2 is 0.750 bits per heavy atom. The smallest absolute Gasteiger partial charge is 0.305 e. The molecule has 0 unspecified atom stereocenters. The van der Waals surface area contributed by atoms with Gasteiger partial charge >= 0.3 is 11.9 Å². The monoisotopic (exact) mass is 454 g/mol. The lowest BCUT2D eigenvalue weighted by Crippen LogP contribution is -2.13. The van der Waals surface area contributed by atoms with Crippen LogP contribution in [0.25, 0.3) is 0 Å². The zero-order valence-electron chi connectivity index (χ0n) is 21.9. The number of hydrogen-bond acceptors (Lipinski definition) is 4. The second kappa shape index (κ2) is 23.1. The van der Waals surface area contributed by atoms with Crippen molar-refractivity contribution in [1.29, 1.82) is 0 Å². The predicted octanol–water partition coefficient (Wildman–Crippen LogP) is 8.41. The summed E-state index contributed by atoms with van der Waals surface area (Å²) in [6, 6.07) is 0. The fourth-order valence-electron chi connectivity index (χ4n) is 3.87. The van der Waals surface area contributed by atoms with Gasteiger partial charge in [0.25, 0.3) is 0 Å². The number of carbonyl (C=O) groups is 2. The van der Waals surface area contributed by atoms with Gasteiger partial charge in [-0.25, -0.2) is 0 Å². The molecule has 0 amide bonds. The van der Waals surface area contributed by atoms with Gasteiger partial charge < -0.3 is 9.47 Å². The van der Waals surface area contributed by atoms with Crippen LogP contribution in [0.15, 0.2) is 0 Å². The number of rotatable bonds is 23. The van der Waals surface area contributed by atoms with Crippen molar-refractivity contribution in [2.24, 2.45) is 11.8 Å². The Kier molecular flexibility index (Phi) is 22.3. The highest BCUT2D eigenvalue weighted by atomic mass is 16.6. The molecule has 0 spiro atoms. The van der Waals surface area contributed by atoms with Gasteiger partial charge in [-0.2, -0.15) is 0 Å². The van der Waals surface area contributed by atoms with Gasteiger partial charge in [0, 0.05) is 12.8 Å². The zero-order valence-corrected chi connectivity index (χ0v) is 21.9. The molecule has 0 saturated carbocycles. The first-order valence-corrected chi connectivity index (χ1v) is 13.7. The van der Waals surface area contributed by atoms with E-state index in [1.807, 2.05) is 0 Å². The fourth-order valence-corrected chi connectivity index (χ4v) is 3.87. The summed E-state index contributed by atoms with van der Waals surface area (Å²) in [6.45, 7) is 9.47. The van der Waals surface area contributed by atoms with Crippen LogP contribution in [0.4, 0.5) is 0 Å². The van der Waals surface area contributed by atoms with Crippen molar-refractivity contribution in [2.45, 2.75) is 143 Å². The maximum atomic E-state index is 11.7. The molecule has 0 radical (unpaired) electrons. The second-order valence-corrected chi connectivity index (χ2v) is 10.3. The number of esters is 2. The number of carbonyl (C=O) groups excluding carboxylic acids is 2. The summed E-state index contributed by atoms with van der Waals surface area (Å²) in [5.74, 6) is 1.28. The highest BCUT2D eigenvalue weighted by molar-refractivity contribution is 5.70. The summed E-state index contributed by atoms with van der Waals surface area (Å²) >= 11 is 0. The van der Waals surface area contributed by atoms with Crippen molar-refractivity contribution in [3.63, 3.8) is 0 Å². The molecule has 190 valence electrons. The lowest BCUT2D eigenvalue weighted by Gasteiger charge is -2.07. The van der Waals surface area contributed by atoms with Crippen molar-refractivity contribution in [3.8, 4) is 0 Å². The molecule has 0 atom stereocenters. The first-order valence-electron chi connectivity index (χ1n) is 13.7. The minimum Gasteiger partial charge on any atom is -0.462 e. The molecule has 0 bridgehead atoms. The molecular formula is C28H54O4. The van der Waals surface area contributed by atoms with E-state index in [4.69, 9.17) is 9.47 Å². The zero-order chi connectivity index (χ0) is 23.9. The first-order chi connectivity index (χ1) is 15.4. The van der Waals surface area contributed by atoms with E-state index in [1.165, 1.54) is 77.0 Å². The van der Waals surface area contributed by atoms with Crippen LogP contribution in [0.1, 0.15) is 143 Å². The Hall–Kier alpha value is -1.06. The average Bonchev–Trinajstić information content (AvgIpc) is 2.74. The van der Waals surface area contributed by atoms with E-state index < -0.39 is 0 Å². The van der Waals surface area contributed by atoms with E-state index >= 15 is 0 Å². The van der Waals surface area contributed by atoms with Gasteiger partial charge in [0.1, 0.15) is 13.2 Å². The van der Waals surface area contributed by atoms with Crippen LogP contribution >= 0.6 is 0 Å². The predicted molar refractivity (Wildman–Crippen MR) is 135 cm³/mol. The number of hydrogen-bond donors (Lipinski definition) is 0. The van der Waals surface area contributed by atoms with Crippen molar-refractivity contribution in [1.82, 2.24) is 0 Å². The largest absolute Gasteiger partial charge is 0.462 e. The van der Waals surface area contributed by atoms with Crippen LogP contribution in [0.2, 0.25) is 0 Å². The number of ether oxygens (including phenoxy) is 2. The summed E-state index contributed by atoms with van der Waals surface area (Å²) in [6.07, 6.45) is 20.5. The minimum atomic E-state index is -0.175. The fraction of sp³-hybridized carbons (Fsp3) is 0.929. The average molecular weight is 455 g/mol.